The Morgan fingerprint density at radius 1 is 0.354 bits per heavy atom. The van der Waals surface area contributed by atoms with Gasteiger partial charge in [-0.1, -0.05) is 83.1 Å². The van der Waals surface area contributed by atoms with E-state index >= 15 is 0 Å². The second-order valence-electron chi connectivity index (χ2n) is 15.7. The van der Waals surface area contributed by atoms with Crippen molar-refractivity contribution < 1.29 is 28.4 Å². The fourth-order valence-electron chi connectivity index (χ4n) is 5.30. The lowest BCUT2D eigenvalue weighted by Gasteiger charge is -2.24. The second-order valence-corrected chi connectivity index (χ2v) is 15.7. The molecule has 0 aliphatic rings. The quantitative estimate of drug-likeness (QED) is 0.0990. The molecule has 6 nitrogen and oxygen atoms in total. The smallest absolute Gasteiger partial charge is 0.204 e. The van der Waals surface area contributed by atoms with Gasteiger partial charge in [-0.2, -0.15) is 0 Å². The molecule has 264 valence electrons. The number of fused-ring (bicyclic) bond motifs is 6. The molecule has 0 aliphatic heterocycles. The Balaban J connectivity index is 2.17. The SMILES string of the molecule is CC(C)COc1ccc2c(c1)c1cc(OCC(C)C)c(OCC(C)C)cc1c1cc(OCC(C)C)c(OCC(C)C)c(OCC(C)C)c21. The molecule has 0 aliphatic carbocycles. The van der Waals surface area contributed by atoms with E-state index in [-0.39, 0.29) is 0 Å². The molecule has 0 atom stereocenters. The van der Waals surface area contributed by atoms with Gasteiger partial charge in [-0.05, 0) is 98.8 Å². The minimum atomic E-state index is 0.317. The molecule has 4 rings (SSSR count). The van der Waals surface area contributed by atoms with Gasteiger partial charge in [0.1, 0.15) is 5.75 Å². The molecule has 0 amide bonds. The first kappa shape index (κ1) is 37.3. The van der Waals surface area contributed by atoms with Gasteiger partial charge in [-0.3, -0.25) is 0 Å². The van der Waals surface area contributed by atoms with Crippen LogP contribution in [0, 0.1) is 35.5 Å². The molecule has 0 aromatic heterocycles. The average molecular weight is 661 g/mol. The molecule has 4 aromatic carbocycles. The first-order chi connectivity index (χ1) is 22.7. The zero-order valence-corrected chi connectivity index (χ0v) is 31.6. The fraction of sp³-hybridized carbons (Fsp3) is 0.571. The molecular formula is C42H60O6. The van der Waals surface area contributed by atoms with E-state index < -0.39 is 0 Å². The standard InChI is InChI=1S/C42H60O6/c1-25(2)19-43-31-13-14-32-33(15-31)34-16-37(44-20-26(3)4)38(45-21-27(5)6)17-35(34)36-18-39(46-22-28(7)8)41(47-23-29(9)10)42(40(32)36)48-24-30(11)12/h13-18,25-30H,19-24H2,1-12H3. The van der Waals surface area contributed by atoms with Gasteiger partial charge in [0, 0.05) is 5.39 Å². The maximum absolute atomic E-state index is 6.76. The van der Waals surface area contributed by atoms with Crippen molar-refractivity contribution in [3.05, 3.63) is 36.4 Å². The van der Waals surface area contributed by atoms with Crippen LogP contribution in [0.4, 0.5) is 0 Å². The van der Waals surface area contributed by atoms with Crippen LogP contribution in [-0.4, -0.2) is 39.6 Å². The molecule has 0 unspecified atom stereocenters. The summed E-state index contributed by atoms with van der Waals surface area (Å²) in [7, 11) is 0. The first-order valence-corrected chi connectivity index (χ1v) is 18.1. The van der Waals surface area contributed by atoms with Crippen LogP contribution in [0.15, 0.2) is 36.4 Å². The molecule has 0 N–H and O–H groups in total. The summed E-state index contributed by atoms with van der Waals surface area (Å²) in [6.07, 6.45) is 0. The number of hydrogen-bond donors (Lipinski definition) is 0. The maximum Gasteiger partial charge on any atom is 0.204 e. The lowest BCUT2D eigenvalue weighted by Crippen LogP contribution is -2.12. The van der Waals surface area contributed by atoms with Crippen molar-refractivity contribution in [3.8, 4) is 34.5 Å². The van der Waals surface area contributed by atoms with Gasteiger partial charge in [0.05, 0.1) is 39.6 Å². The van der Waals surface area contributed by atoms with Crippen molar-refractivity contribution in [2.45, 2.75) is 83.1 Å². The molecule has 4 aromatic rings. The monoisotopic (exact) mass is 660 g/mol. The Hall–Kier alpha value is -3.54. The van der Waals surface area contributed by atoms with Crippen LogP contribution in [0.25, 0.3) is 32.3 Å². The first-order valence-electron chi connectivity index (χ1n) is 18.1. The summed E-state index contributed by atoms with van der Waals surface area (Å²) in [5.74, 6) is 6.51. The van der Waals surface area contributed by atoms with E-state index in [9.17, 15) is 0 Å². The fourth-order valence-corrected chi connectivity index (χ4v) is 5.30. The zero-order valence-electron chi connectivity index (χ0n) is 31.6. The molecule has 0 radical (unpaired) electrons. The number of benzene rings is 4. The van der Waals surface area contributed by atoms with Gasteiger partial charge >= 0.3 is 0 Å². The minimum Gasteiger partial charge on any atom is -0.493 e. The van der Waals surface area contributed by atoms with Crippen molar-refractivity contribution in [2.24, 2.45) is 35.5 Å². The molecule has 0 heterocycles. The second kappa shape index (κ2) is 16.7. The predicted molar refractivity (Wildman–Crippen MR) is 201 cm³/mol. The molecular weight excluding hydrogens is 600 g/mol. The van der Waals surface area contributed by atoms with Gasteiger partial charge in [-0.25, -0.2) is 0 Å². The number of rotatable bonds is 18. The van der Waals surface area contributed by atoms with E-state index in [0.29, 0.717) is 92.4 Å². The molecule has 0 spiro atoms. The Morgan fingerprint density at radius 3 is 1.23 bits per heavy atom. The molecule has 0 bridgehead atoms. The summed E-state index contributed by atoms with van der Waals surface area (Å²) in [5, 5.41) is 6.23. The number of hydrogen-bond acceptors (Lipinski definition) is 6. The average Bonchev–Trinajstić information content (AvgIpc) is 3.01. The van der Waals surface area contributed by atoms with Crippen molar-refractivity contribution in [1.82, 2.24) is 0 Å². The highest BCUT2D eigenvalue weighted by Gasteiger charge is 2.25. The van der Waals surface area contributed by atoms with Gasteiger partial charge in [-0.15, -0.1) is 0 Å². The van der Waals surface area contributed by atoms with Gasteiger partial charge in [0.15, 0.2) is 23.0 Å². The van der Waals surface area contributed by atoms with Crippen LogP contribution >= 0.6 is 0 Å². The molecule has 0 saturated heterocycles. The minimum absolute atomic E-state index is 0.317. The van der Waals surface area contributed by atoms with E-state index in [1.54, 1.807) is 0 Å². The van der Waals surface area contributed by atoms with Gasteiger partial charge in [0.2, 0.25) is 5.75 Å². The molecule has 0 saturated carbocycles. The molecule has 48 heavy (non-hydrogen) atoms. The van der Waals surface area contributed by atoms with Crippen molar-refractivity contribution in [3.63, 3.8) is 0 Å². The van der Waals surface area contributed by atoms with E-state index in [0.717, 1.165) is 49.6 Å². The van der Waals surface area contributed by atoms with Crippen LogP contribution in [0.1, 0.15) is 83.1 Å². The normalized spacial score (nSPS) is 12.1. The summed E-state index contributed by atoms with van der Waals surface area (Å²) >= 11 is 0. The lowest BCUT2D eigenvalue weighted by molar-refractivity contribution is 0.209. The van der Waals surface area contributed by atoms with Crippen LogP contribution in [0.3, 0.4) is 0 Å². The van der Waals surface area contributed by atoms with Crippen molar-refractivity contribution >= 4 is 32.3 Å². The van der Waals surface area contributed by atoms with Crippen LogP contribution < -0.4 is 28.4 Å². The van der Waals surface area contributed by atoms with Gasteiger partial charge < -0.3 is 28.4 Å². The van der Waals surface area contributed by atoms with E-state index in [4.69, 9.17) is 28.4 Å². The Labute approximate surface area is 289 Å². The highest BCUT2D eigenvalue weighted by molar-refractivity contribution is 6.28. The molecule has 6 heteroatoms. The summed E-state index contributed by atoms with van der Waals surface area (Å²) < 4.78 is 39.1. The Bertz CT molecular complexity index is 1640. The predicted octanol–water partition coefficient (Wildman–Crippen LogP) is 11.4. The summed E-state index contributed by atoms with van der Waals surface area (Å²) in [6.45, 7) is 29.4. The number of ether oxygens (including phenoxy) is 6. The largest absolute Gasteiger partial charge is 0.493 e. The highest BCUT2D eigenvalue weighted by atomic mass is 16.5. The topological polar surface area (TPSA) is 55.4 Å². The third-order valence-corrected chi connectivity index (χ3v) is 7.55. The highest BCUT2D eigenvalue weighted by Crippen LogP contribution is 2.51. The Kier molecular flexibility index (Phi) is 13.0. The van der Waals surface area contributed by atoms with Crippen LogP contribution in [0.2, 0.25) is 0 Å². The molecule has 0 fully saturated rings. The van der Waals surface area contributed by atoms with Gasteiger partial charge in [0.25, 0.3) is 0 Å². The summed E-state index contributed by atoms with van der Waals surface area (Å²) in [6, 6.07) is 12.8. The Morgan fingerprint density at radius 2 is 0.729 bits per heavy atom. The maximum atomic E-state index is 6.76. The van der Waals surface area contributed by atoms with Crippen LogP contribution in [0.5, 0.6) is 34.5 Å². The van der Waals surface area contributed by atoms with E-state index in [1.165, 1.54) is 0 Å². The summed E-state index contributed by atoms with van der Waals surface area (Å²) in [5.41, 5.74) is 0. The third-order valence-electron chi connectivity index (χ3n) is 7.55. The third kappa shape index (κ3) is 9.54. The summed E-state index contributed by atoms with van der Waals surface area (Å²) in [4.78, 5) is 0. The zero-order chi connectivity index (χ0) is 35.1. The van der Waals surface area contributed by atoms with E-state index in [1.807, 2.05) is 0 Å². The lowest BCUT2D eigenvalue weighted by atomic mass is 9.92. The van der Waals surface area contributed by atoms with Crippen LogP contribution in [-0.2, 0) is 0 Å². The van der Waals surface area contributed by atoms with Crippen molar-refractivity contribution in [1.29, 1.82) is 0 Å². The van der Waals surface area contributed by atoms with Crippen molar-refractivity contribution in [2.75, 3.05) is 39.6 Å². The van der Waals surface area contributed by atoms with E-state index in [2.05, 4.69) is 119 Å².